The zero-order chi connectivity index (χ0) is 26.4. The van der Waals surface area contributed by atoms with Crippen LogP contribution in [-0.4, -0.2) is 9.04 Å². The highest BCUT2D eigenvalue weighted by Gasteiger charge is 2.06. The molecule has 0 saturated heterocycles. The van der Waals surface area contributed by atoms with Gasteiger partial charge in [0.2, 0.25) is 0 Å². The van der Waals surface area contributed by atoms with E-state index in [9.17, 15) is 0 Å². The second-order valence-corrected chi connectivity index (χ2v) is 13.4. The van der Waals surface area contributed by atoms with Crippen molar-refractivity contribution in [3.63, 3.8) is 0 Å². The first-order chi connectivity index (χ1) is 17.7. The van der Waals surface area contributed by atoms with E-state index in [1.807, 2.05) is 0 Å². The standard InChI is InChI=1S/C33H66INS/c1-3-5-7-9-11-13-15-17-19-20-22-24-26-28-30-32(34)35-33(36)31-29-27-25-23-21-18-16-14-12-10-8-6-4-2/h32H,3-31H2,1-2H3,(H,35,36). The largest absolute Gasteiger partial charge is 0.368 e. The van der Waals surface area contributed by atoms with Gasteiger partial charge in [0.1, 0.15) is 0 Å². The van der Waals surface area contributed by atoms with E-state index >= 15 is 0 Å². The van der Waals surface area contributed by atoms with Crippen LogP contribution in [0.1, 0.15) is 200 Å². The van der Waals surface area contributed by atoms with Crippen LogP contribution in [0.2, 0.25) is 0 Å². The maximum absolute atomic E-state index is 5.61. The maximum atomic E-state index is 5.61. The van der Waals surface area contributed by atoms with Gasteiger partial charge in [0.05, 0.1) is 9.04 Å². The highest BCUT2D eigenvalue weighted by atomic mass is 127. The maximum Gasteiger partial charge on any atom is 0.0785 e. The molecule has 0 saturated carbocycles. The predicted octanol–water partition coefficient (Wildman–Crippen LogP) is 13.0. The van der Waals surface area contributed by atoms with E-state index in [4.69, 9.17) is 12.2 Å². The normalized spacial score (nSPS) is 12.2. The number of hydrogen-bond donors (Lipinski definition) is 1. The van der Waals surface area contributed by atoms with Gasteiger partial charge in [-0.15, -0.1) is 0 Å². The molecule has 0 bridgehead atoms. The molecule has 0 radical (unpaired) electrons. The molecule has 1 atom stereocenters. The van der Waals surface area contributed by atoms with Crippen LogP contribution in [0.4, 0.5) is 0 Å². The highest BCUT2D eigenvalue weighted by molar-refractivity contribution is 14.1. The van der Waals surface area contributed by atoms with E-state index in [2.05, 4.69) is 41.8 Å². The lowest BCUT2D eigenvalue weighted by Gasteiger charge is -2.14. The van der Waals surface area contributed by atoms with Crippen molar-refractivity contribution in [2.75, 3.05) is 0 Å². The summed E-state index contributed by atoms with van der Waals surface area (Å²) in [7, 11) is 0. The first-order valence-electron chi connectivity index (χ1n) is 16.6. The first-order valence-corrected chi connectivity index (χ1v) is 18.3. The molecule has 0 aliphatic carbocycles. The van der Waals surface area contributed by atoms with Crippen LogP contribution in [0.3, 0.4) is 0 Å². The van der Waals surface area contributed by atoms with Gasteiger partial charge in [0, 0.05) is 0 Å². The molecule has 1 nitrogen and oxygen atoms in total. The van der Waals surface area contributed by atoms with E-state index in [0.29, 0.717) is 4.05 Å². The molecule has 0 aromatic rings. The summed E-state index contributed by atoms with van der Waals surface area (Å²) in [6.45, 7) is 4.60. The summed E-state index contributed by atoms with van der Waals surface area (Å²) in [5.74, 6) is 0. The molecule has 0 heterocycles. The predicted molar refractivity (Wildman–Crippen MR) is 179 cm³/mol. The van der Waals surface area contributed by atoms with E-state index in [1.165, 1.54) is 180 Å². The smallest absolute Gasteiger partial charge is 0.0785 e. The summed E-state index contributed by atoms with van der Waals surface area (Å²) in [4.78, 5) is 1.10. The first kappa shape index (κ1) is 36.6. The van der Waals surface area contributed by atoms with Crippen LogP contribution in [-0.2, 0) is 0 Å². The summed E-state index contributed by atoms with van der Waals surface area (Å²) in [6.07, 6.45) is 40.8. The van der Waals surface area contributed by atoms with Crippen molar-refractivity contribution >= 4 is 39.8 Å². The topological polar surface area (TPSA) is 12.0 Å². The highest BCUT2D eigenvalue weighted by Crippen LogP contribution is 2.16. The van der Waals surface area contributed by atoms with E-state index in [0.717, 1.165) is 11.4 Å². The van der Waals surface area contributed by atoms with Gasteiger partial charge >= 0.3 is 0 Å². The second kappa shape index (κ2) is 31.8. The summed E-state index contributed by atoms with van der Waals surface area (Å²) in [5, 5.41) is 3.59. The molecule has 0 rings (SSSR count). The molecule has 0 aromatic heterocycles. The van der Waals surface area contributed by atoms with Crippen LogP contribution >= 0.6 is 34.8 Å². The fraction of sp³-hybridized carbons (Fsp3) is 0.970. The number of alkyl halides is 1. The minimum Gasteiger partial charge on any atom is -0.368 e. The minimum atomic E-state index is 0.523. The summed E-state index contributed by atoms with van der Waals surface area (Å²) >= 11 is 8.16. The molecule has 0 aliphatic rings. The second-order valence-electron chi connectivity index (χ2n) is 11.4. The van der Waals surface area contributed by atoms with Gasteiger partial charge in [-0.1, -0.05) is 216 Å². The number of thiocarbonyl (C=S) groups is 1. The lowest BCUT2D eigenvalue weighted by atomic mass is 10.0. The van der Waals surface area contributed by atoms with Crippen molar-refractivity contribution in [3.8, 4) is 0 Å². The Morgan fingerprint density at radius 2 is 0.750 bits per heavy atom. The van der Waals surface area contributed by atoms with E-state index in [-0.39, 0.29) is 0 Å². The fourth-order valence-electron chi connectivity index (χ4n) is 5.14. The van der Waals surface area contributed by atoms with Crippen molar-refractivity contribution in [1.82, 2.24) is 5.32 Å². The Morgan fingerprint density at radius 1 is 0.472 bits per heavy atom. The minimum absolute atomic E-state index is 0.523. The molecule has 3 heteroatoms. The number of halogens is 1. The van der Waals surface area contributed by atoms with Crippen LogP contribution in [0.5, 0.6) is 0 Å². The van der Waals surface area contributed by atoms with Crippen molar-refractivity contribution in [1.29, 1.82) is 0 Å². The third kappa shape index (κ3) is 30.8. The van der Waals surface area contributed by atoms with Crippen molar-refractivity contribution < 1.29 is 0 Å². The Balaban J connectivity index is 3.28. The number of unbranched alkanes of at least 4 members (excludes halogenated alkanes) is 25. The van der Waals surface area contributed by atoms with Crippen molar-refractivity contribution in [2.45, 2.75) is 204 Å². The molecule has 0 aliphatic heterocycles. The quantitative estimate of drug-likeness (QED) is 0.0277. The zero-order valence-corrected chi connectivity index (χ0v) is 27.8. The monoisotopic (exact) mass is 635 g/mol. The van der Waals surface area contributed by atoms with E-state index < -0.39 is 0 Å². The van der Waals surface area contributed by atoms with Crippen LogP contribution < -0.4 is 5.32 Å². The van der Waals surface area contributed by atoms with E-state index in [1.54, 1.807) is 0 Å². The summed E-state index contributed by atoms with van der Waals surface area (Å²) in [6, 6.07) is 0. The van der Waals surface area contributed by atoms with Gasteiger partial charge in [-0.05, 0) is 19.3 Å². The molecule has 0 fully saturated rings. The third-order valence-corrected chi connectivity index (χ3v) is 8.89. The van der Waals surface area contributed by atoms with Crippen LogP contribution in [0.25, 0.3) is 0 Å². The number of nitrogens with one attached hydrogen (secondary N) is 1. The molecule has 1 unspecified atom stereocenters. The molecule has 0 aromatic carbocycles. The van der Waals surface area contributed by atoms with Crippen molar-refractivity contribution in [2.24, 2.45) is 0 Å². The van der Waals surface area contributed by atoms with Crippen LogP contribution in [0.15, 0.2) is 0 Å². The average Bonchev–Trinajstić information content (AvgIpc) is 2.87. The molecular weight excluding hydrogens is 569 g/mol. The fourth-order valence-corrected chi connectivity index (χ4v) is 6.45. The Kier molecular flexibility index (Phi) is 32.4. The molecule has 0 spiro atoms. The van der Waals surface area contributed by atoms with Gasteiger partial charge in [-0.3, -0.25) is 0 Å². The molecule has 36 heavy (non-hydrogen) atoms. The van der Waals surface area contributed by atoms with Gasteiger partial charge in [0.15, 0.2) is 0 Å². The molecule has 1 N–H and O–H groups in total. The van der Waals surface area contributed by atoms with Crippen LogP contribution in [0, 0.1) is 0 Å². The van der Waals surface area contributed by atoms with Gasteiger partial charge < -0.3 is 5.32 Å². The Bertz CT molecular complexity index is 428. The molecule has 216 valence electrons. The Morgan fingerprint density at radius 3 is 1.08 bits per heavy atom. The third-order valence-electron chi connectivity index (χ3n) is 7.64. The molecular formula is C33H66INS. The van der Waals surface area contributed by atoms with Gasteiger partial charge in [-0.2, -0.15) is 0 Å². The van der Waals surface area contributed by atoms with Gasteiger partial charge in [-0.25, -0.2) is 0 Å². The number of rotatable bonds is 30. The average molecular weight is 636 g/mol. The Hall–Kier alpha value is 0.620. The van der Waals surface area contributed by atoms with Crippen molar-refractivity contribution in [3.05, 3.63) is 0 Å². The lowest BCUT2D eigenvalue weighted by Crippen LogP contribution is -2.28. The summed E-state index contributed by atoms with van der Waals surface area (Å²) < 4.78 is 0.523. The number of hydrogen-bond acceptors (Lipinski definition) is 1. The molecule has 0 amide bonds. The zero-order valence-electron chi connectivity index (χ0n) is 24.9. The van der Waals surface area contributed by atoms with Gasteiger partial charge in [0.25, 0.3) is 0 Å². The Labute approximate surface area is 248 Å². The summed E-state index contributed by atoms with van der Waals surface area (Å²) in [5.41, 5.74) is 0. The lowest BCUT2D eigenvalue weighted by molar-refractivity contribution is 0.530. The SMILES string of the molecule is CCCCCCCCCCCCCCCCC(I)NC(=S)CCCCCCCCCCCCCCC.